The monoisotopic (exact) mass is 448 g/mol. The normalized spacial score (nSPS) is 37.2. The maximum absolute atomic E-state index is 12.8. The SMILES string of the molecule is C#C[C@]1(OC(=O)COC(=C)/C=C\C=C)CCC2C3CCC4=CC(=O)CCC4C3CC[C@@]21CC. The van der Waals surface area contributed by atoms with E-state index in [2.05, 4.69) is 26.0 Å². The number of terminal acetylenes is 1. The number of hydrogen-bond donors (Lipinski definition) is 0. The summed E-state index contributed by atoms with van der Waals surface area (Å²) in [6, 6.07) is 0. The Bertz CT molecular complexity index is 934. The number of carbonyl (C=O) groups excluding carboxylic acids is 2. The predicted octanol–water partition coefficient (Wildman–Crippen LogP) is 5.71. The fourth-order valence-electron chi connectivity index (χ4n) is 7.72. The summed E-state index contributed by atoms with van der Waals surface area (Å²) in [4.78, 5) is 24.8. The third-order valence-corrected chi connectivity index (χ3v) is 9.07. The minimum Gasteiger partial charge on any atom is -0.483 e. The van der Waals surface area contributed by atoms with E-state index in [0.717, 1.165) is 44.9 Å². The fraction of sp³-hybridized carbons (Fsp3) is 0.586. The lowest BCUT2D eigenvalue weighted by Gasteiger charge is -2.56. The summed E-state index contributed by atoms with van der Waals surface area (Å²) in [6.07, 6.45) is 21.5. The molecule has 6 atom stereocenters. The van der Waals surface area contributed by atoms with Gasteiger partial charge < -0.3 is 9.47 Å². The van der Waals surface area contributed by atoms with Crippen molar-refractivity contribution in [2.45, 2.75) is 70.3 Å². The number of carbonyl (C=O) groups is 2. The highest BCUT2D eigenvalue weighted by atomic mass is 16.6. The predicted molar refractivity (Wildman–Crippen MR) is 129 cm³/mol. The lowest BCUT2D eigenvalue weighted by molar-refractivity contribution is -0.176. The van der Waals surface area contributed by atoms with Gasteiger partial charge in [-0.15, -0.1) is 6.42 Å². The first kappa shape index (κ1) is 23.6. The van der Waals surface area contributed by atoms with Gasteiger partial charge in [0.1, 0.15) is 5.76 Å². The zero-order valence-electron chi connectivity index (χ0n) is 19.8. The topological polar surface area (TPSA) is 52.6 Å². The van der Waals surface area contributed by atoms with E-state index < -0.39 is 11.6 Å². The van der Waals surface area contributed by atoms with Gasteiger partial charge in [0, 0.05) is 11.8 Å². The molecule has 0 aromatic carbocycles. The molecule has 0 amide bonds. The molecule has 3 saturated carbocycles. The summed E-state index contributed by atoms with van der Waals surface area (Å²) < 4.78 is 11.6. The molecule has 0 aliphatic heterocycles. The van der Waals surface area contributed by atoms with Gasteiger partial charge in [-0.1, -0.05) is 43.7 Å². The maximum atomic E-state index is 12.8. The van der Waals surface area contributed by atoms with Crippen molar-refractivity contribution in [3.05, 3.63) is 48.8 Å². The van der Waals surface area contributed by atoms with E-state index in [1.807, 2.05) is 6.08 Å². The van der Waals surface area contributed by atoms with Crippen LogP contribution in [-0.2, 0) is 19.1 Å². The van der Waals surface area contributed by atoms with Crippen molar-refractivity contribution in [1.82, 2.24) is 0 Å². The summed E-state index contributed by atoms with van der Waals surface area (Å²) in [5.74, 6) is 5.42. The van der Waals surface area contributed by atoms with Crippen LogP contribution in [0, 0.1) is 41.4 Å². The summed E-state index contributed by atoms with van der Waals surface area (Å²) in [5, 5.41) is 0. The van der Waals surface area contributed by atoms with Gasteiger partial charge in [0.25, 0.3) is 0 Å². The van der Waals surface area contributed by atoms with Crippen molar-refractivity contribution < 1.29 is 19.1 Å². The van der Waals surface area contributed by atoms with E-state index in [1.165, 1.54) is 5.57 Å². The first-order chi connectivity index (χ1) is 15.9. The summed E-state index contributed by atoms with van der Waals surface area (Å²) >= 11 is 0. The highest BCUT2D eigenvalue weighted by Gasteiger charge is 2.65. The number of ether oxygens (including phenoxy) is 2. The van der Waals surface area contributed by atoms with Crippen molar-refractivity contribution in [1.29, 1.82) is 0 Å². The van der Waals surface area contributed by atoms with Crippen LogP contribution in [0.2, 0.25) is 0 Å². The van der Waals surface area contributed by atoms with E-state index in [1.54, 1.807) is 18.2 Å². The summed E-state index contributed by atoms with van der Waals surface area (Å²) in [5.41, 5.74) is 0.311. The molecule has 0 saturated heterocycles. The lowest BCUT2D eigenvalue weighted by Crippen LogP contribution is -2.55. The minimum atomic E-state index is -0.880. The van der Waals surface area contributed by atoms with Crippen LogP contribution in [-0.4, -0.2) is 24.0 Å². The molecule has 3 fully saturated rings. The number of fused-ring (bicyclic) bond motifs is 5. The van der Waals surface area contributed by atoms with Crippen LogP contribution in [0.25, 0.3) is 0 Å². The van der Waals surface area contributed by atoms with Crippen molar-refractivity contribution in [3.63, 3.8) is 0 Å². The number of allylic oxidation sites excluding steroid dienone is 4. The second kappa shape index (κ2) is 9.37. The molecule has 33 heavy (non-hydrogen) atoms. The molecule has 4 aliphatic rings. The van der Waals surface area contributed by atoms with Crippen LogP contribution >= 0.6 is 0 Å². The van der Waals surface area contributed by atoms with Crippen LogP contribution in [0.1, 0.15) is 64.7 Å². The Morgan fingerprint density at radius 2 is 2.06 bits per heavy atom. The van der Waals surface area contributed by atoms with Crippen LogP contribution in [0.15, 0.2) is 48.8 Å². The zero-order valence-corrected chi connectivity index (χ0v) is 19.8. The molecule has 0 aromatic rings. The Labute approximate surface area is 198 Å². The number of esters is 1. The molecule has 0 aromatic heterocycles. The van der Waals surface area contributed by atoms with Gasteiger partial charge in [-0.3, -0.25) is 4.79 Å². The average Bonchev–Trinajstić information content (AvgIpc) is 3.15. The van der Waals surface area contributed by atoms with E-state index in [9.17, 15) is 9.59 Å². The Morgan fingerprint density at radius 1 is 1.24 bits per heavy atom. The molecule has 4 nitrogen and oxygen atoms in total. The minimum absolute atomic E-state index is 0.190. The van der Waals surface area contributed by atoms with Crippen LogP contribution < -0.4 is 0 Å². The molecule has 0 heterocycles. The molecule has 0 bridgehead atoms. The average molecular weight is 449 g/mol. The molecule has 4 rings (SSSR count). The molecule has 0 radical (unpaired) electrons. The Morgan fingerprint density at radius 3 is 2.79 bits per heavy atom. The molecule has 0 spiro atoms. The first-order valence-corrected chi connectivity index (χ1v) is 12.4. The highest BCUT2D eigenvalue weighted by molar-refractivity contribution is 5.91. The molecule has 176 valence electrons. The quantitative estimate of drug-likeness (QED) is 0.217. The van der Waals surface area contributed by atoms with Crippen molar-refractivity contribution in [2.75, 3.05) is 6.61 Å². The fourth-order valence-corrected chi connectivity index (χ4v) is 7.72. The number of hydrogen-bond acceptors (Lipinski definition) is 4. The van der Waals surface area contributed by atoms with Crippen LogP contribution in [0.5, 0.6) is 0 Å². The van der Waals surface area contributed by atoms with Gasteiger partial charge in [-0.25, -0.2) is 4.79 Å². The van der Waals surface area contributed by atoms with E-state index >= 15 is 0 Å². The summed E-state index contributed by atoms with van der Waals surface area (Å²) in [6.45, 7) is 9.39. The number of rotatable bonds is 7. The van der Waals surface area contributed by atoms with Gasteiger partial charge >= 0.3 is 5.97 Å². The Hall–Kier alpha value is -2.54. The molecular formula is C29H36O4. The molecule has 4 unspecified atom stereocenters. The van der Waals surface area contributed by atoms with Crippen LogP contribution in [0.3, 0.4) is 0 Å². The van der Waals surface area contributed by atoms with Crippen LogP contribution in [0.4, 0.5) is 0 Å². The van der Waals surface area contributed by atoms with Gasteiger partial charge in [-0.2, -0.15) is 0 Å². The molecule has 4 aliphatic carbocycles. The smallest absolute Gasteiger partial charge is 0.345 e. The van der Waals surface area contributed by atoms with Crippen molar-refractivity contribution >= 4 is 11.8 Å². The maximum Gasteiger partial charge on any atom is 0.345 e. The Kier molecular flexibility index (Phi) is 6.71. The third-order valence-electron chi connectivity index (χ3n) is 9.07. The Balaban J connectivity index is 1.52. The third kappa shape index (κ3) is 4.01. The lowest BCUT2D eigenvalue weighted by atomic mass is 9.49. The van der Waals surface area contributed by atoms with Gasteiger partial charge in [0.15, 0.2) is 18.0 Å². The largest absolute Gasteiger partial charge is 0.483 e. The van der Waals surface area contributed by atoms with Gasteiger partial charge in [0.05, 0.1) is 0 Å². The van der Waals surface area contributed by atoms with Gasteiger partial charge in [0.2, 0.25) is 0 Å². The van der Waals surface area contributed by atoms with Crippen molar-refractivity contribution in [2.24, 2.45) is 29.1 Å². The first-order valence-electron chi connectivity index (χ1n) is 12.4. The van der Waals surface area contributed by atoms with E-state index in [4.69, 9.17) is 15.9 Å². The van der Waals surface area contributed by atoms with E-state index in [0.29, 0.717) is 48.1 Å². The summed E-state index contributed by atoms with van der Waals surface area (Å²) in [7, 11) is 0. The highest BCUT2D eigenvalue weighted by Crippen LogP contribution is 2.67. The molecular weight excluding hydrogens is 412 g/mol. The standard InChI is InChI=1S/C29H36O4/c1-5-8-9-20(4)32-19-27(31)33-29(7-3)17-15-26-25-12-10-21-18-22(30)11-13-23(21)24(25)14-16-28(26,29)6-2/h3,5,8-9,18,23-26H,1,4,6,10-17,19H2,2H3/b9-8-/t23?,24?,25?,26?,28-,29-/m0/s1. The van der Waals surface area contributed by atoms with Crippen molar-refractivity contribution in [3.8, 4) is 12.3 Å². The second-order valence-electron chi connectivity index (χ2n) is 10.2. The second-order valence-corrected chi connectivity index (χ2v) is 10.2. The zero-order chi connectivity index (χ0) is 23.6. The van der Waals surface area contributed by atoms with E-state index in [-0.39, 0.29) is 12.0 Å². The van der Waals surface area contributed by atoms with Gasteiger partial charge in [-0.05, 0) is 87.2 Å². The number of ketones is 1. The molecule has 4 heteroatoms. The molecule has 0 N–H and O–H groups in total.